The molecule has 20 heavy (non-hydrogen) atoms. The largest absolute Gasteiger partial charge is 0.493 e. The van der Waals surface area contributed by atoms with Crippen LogP contribution in [0.15, 0.2) is 18.2 Å². The van der Waals surface area contributed by atoms with Crippen LogP contribution in [0.1, 0.15) is 24.2 Å². The van der Waals surface area contributed by atoms with Gasteiger partial charge in [-0.05, 0) is 31.5 Å². The fraction of sp³-hybridized carbons (Fsp3) is 0.429. The first kappa shape index (κ1) is 16.5. The Morgan fingerprint density at radius 2 is 1.80 bits per heavy atom. The van der Waals surface area contributed by atoms with Crippen LogP contribution in [-0.4, -0.2) is 32.1 Å². The lowest BCUT2D eigenvalue weighted by atomic mass is 10.1. The molecule has 0 N–H and O–H groups in total. The molecule has 0 radical (unpaired) electrons. The molecule has 0 saturated heterocycles. The van der Waals surface area contributed by atoms with Crippen molar-refractivity contribution in [2.75, 3.05) is 14.2 Å². The van der Waals surface area contributed by atoms with E-state index in [4.69, 9.17) is 9.47 Å². The molecule has 0 aliphatic rings. The van der Waals surface area contributed by atoms with Crippen LogP contribution in [0.25, 0.3) is 0 Å². The van der Waals surface area contributed by atoms with Crippen LogP contribution in [-0.2, 0) is 14.3 Å². The summed E-state index contributed by atoms with van der Waals surface area (Å²) in [7, 11) is 2.68. The summed E-state index contributed by atoms with van der Waals surface area (Å²) in [5, 5.41) is 0. The van der Waals surface area contributed by atoms with E-state index in [0.29, 0.717) is 17.1 Å². The van der Waals surface area contributed by atoms with Crippen molar-refractivity contribution in [3.05, 3.63) is 23.8 Å². The van der Waals surface area contributed by atoms with Gasteiger partial charge in [0.1, 0.15) is 4.83 Å². The van der Waals surface area contributed by atoms with E-state index >= 15 is 0 Å². The average Bonchev–Trinajstić information content (AvgIpc) is 2.44. The van der Waals surface area contributed by atoms with Gasteiger partial charge in [0.15, 0.2) is 11.5 Å². The zero-order valence-corrected chi connectivity index (χ0v) is 13.4. The average molecular weight is 345 g/mol. The maximum atomic E-state index is 11.7. The number of carbonyl (C=O) groups excluding carboxylic acids is 2. The Bertz CT molecular complexity index is 498. The Morgan fingerprint density at radius 3 is 2.30 bits per heavy atom. The third kappa shape index (κ3) is 3.96. The van der Waals surface area contributed by atoms with Crippen LogP contribution in [0.2, 0.25) is 0 Å². The predicted molar refractivity (Wildman–Crippen MR) is 77.4 cm³/mol. The number of hydrogen-bond donors (Lipinski definition) is 0. The van der Waals surface area contributed by atoms with E-state index in [2.05, 4.69) is 20.7 Å². The minimum absolute atomic E-state index is 0.00576. The zero-order chi connectivity index (χ0) is 15.3. The number of halogens is 1. The summed E-state index contributed by atoms with van der Waals surface area (Å²) < 4.78 is 15.2. The third-order valence-electron chi connectivity index (χ3n) is 2.46. The normalized spacial score (nSPS) is 11.9. The smallest absolute Gasteiger partial charge is 0.375 e. The lowest BCUT2D eigenvalue weighted by Crippen LogP contribution is -2.20. The SMILES string of the molecule is COC(=O)C(=O)C(Br)c1ccc(OC(C)C)c(OC)c1. The minimum Gasteiger partial charge on any atom is -0.493 e. The summed E-state index contributed by atoms with van der Waals surface area (Å²) in [5.74, 6) is -0.491. The number of ketones is 1. The number of methoxy groups -OCH3 is 2. The van der Waals surface area contributed by atoms with Gasteiger partial charge in [0, 0.05) is 0 Å². The van der Waals surface area contributed by atoms with Gasteiger partial charge in [0.25, 0.3) is 5.78 Å². The molecule has 1 rings (SSSR count). The molecule has 1 atom stereocenters. The first-order valence-electron chi connectivity index (χ1n) is 6.01. The number of Topliss-reactive ketones (excluding diaryl/α,β-unsaturated/α-hetero) is 1. The maximum Gasteiger partial charge on any atom is 0.375 e. The molecule has 1 aromatic rings. The molecule has 110 valence electrons. The predicted octanol–water partition coefficient (Wildman–Crippen LogP) is 2.66. The van der Waals surface area contributed by atoms with Crippen LogP contribution >= 0.6 is 15.9 Å². The Balaban J connectivity index is 3.03. The van der Waals surface area contributed by atoms with Gasteiger partial charge in [-0.15, -0.1) is 0 Å². The number of esters is 1. The number of rotatable bonds is 6. The van der Waals surface area contributed by atoms with Crippen molar-refractivity contribution in [2.24, 2.45) is 0 Å². The molecular formula is C14H17BrO5. The molecule has 0 aromatic heterocycles. The van der Waals surface area contributed by atoms with Crippen LogP contribution in [0.3, 0.4) is 0 Å². The van der Waals surface area contributed by atoms with E-state index in [-0.39, 0.29) is 6.10 Å². The van der Waals surface area contributed by atoms with Crippen LogP contribution in [0, 0.1) is 0 Å². The Labute approximate surface area is 126 Å². The highest BCUT2D eigenvalue weighted by atomic mass is 79.9. The summed E-state index contributed by atoms with van der Waals surface area (Å²) >= 11 is 3.18. The molecular weight excluding hydrogens is 328 g/mol. The van der Waals surface area contributed by atoms with E-state index in [1.54, 1.807) is 18.2 Å². The van der Waals surface area contributed by atoms with Crippen LogP contribution in [0.5, 0.6) is 11.5 Å². The number of ether oxygens (including phenoxy) is 3. The Kier molecular flexibility index (Phi) is 6.01. The van der Waals surface area contributed by atoms with E-state index in [1.165, 1.54) is 14.2 Å². The van der Waals surface area contributed by atoms with Crippen molar-refractivity contribution >= 4 is 27.7 Å². The van der Waals surface area contributed by atoms with Gasteiger partial charge < -0.3 is 14.2 Å². The van der Waals surface area contributed by atoms with E-state index in [0.717, 1.165) is 0 Å². The molecule has 0 bridgehead atoms. The van der Waals surface area contributed by atoms with Gasteiger partial charge in [-0.1, -0.05) is 22.0 Å². The second-order valence-corrected chi connectivity index (χ2v) is 5.21. The minimum atomic E-state index is -0.895. The summed E-state index contributed by atoms with van der Waals surface area (Å²) in [6, 6.07) is 5.05. The van der Waals surface area contributed by atoms with Gasteiger partial charge in [-0.3, -0.25) is 4.79 Å². The highest BCUT2D eigenvalue weighted by Crippen LogP contribution is 2.34. The van der Waals surface area contributed by atoms with E-state index in [1.807, 2.05) is 13.8 Å². The molecule has 0 aliphatic heterocycles. The fourth-order valence-electron chi connectivity index (χ4n) is 1.55. The second-order valence-electron chi connectivity index (χ2n) is 4.30. The highest BCUT2D eigenvalue weighted by molar-refractivity contribution is 9.09. The van der Waals surface area contributed by atoms with Gasteiger partial charge in [-0.2, -0.15) is 0 Å². The standard InChI is InChI=1S/C14H17BrO5/c1-8(2)20-10-6-5-9(7-11(10)18-3)12(15)13(16)14(17)19-4/h5-8,12H,1-4H3. The Morgan fingerprint density at radius 1 is 1.15 bits per heavy atom. The van der Waals surface area contributed by atoms with E-state index in [9.17, 15) is 9.59 Å². The Hall–Kier alpha value is -1.56. The summed E-state index contributed by atoms with van der Waals surface area (Å²) in [4.78, 5) is 22.2. The van der Waals surface area contributed by atoms with Crippen molar-refractivity contribution in [3.63, 3.8) is 0 Å². The molecule has 1 aromatic carbocycles. The highest BCUT2D eigenvalue weighted by Gasteiger charge is 2.26. The molecule has 1 unspecified atom stereocenters. The monoisotopic (exact) mass is 344 g/mol. The lowest BCUT2D eigenvalue weighted by molar-refractivity contribution is -0.151. The topological polar surface area (TPSA) is 61.8 Å². The second kappa shape index (κ2) is 7.28. The number of carbonyl (C=O) groups is 2. The molecule has 6 heteroatoms. The van der Waals surface area contributed by atoms with E-state index < -0.39 is 16.6 Å². The fourth-order valence-corrected chi connectivity index (χ4v) is 2.02. The van der Waals surface area contributed by atoms with Crippen molar-refractivity contribution < 1.29 is 23.8 Å². The number of alkyl halides is 1. The summed E-state index contributed by atoms with van der Waals surface area (Å²) in [6.45, 7) is 3.81. The van der Waals surface area contributed by atoms with Crippen molar-refractivity contribution in [1.29, 1.82) is 0 Å². The van der Waals surface area contributed by atoms with Gasteiger partial charge >= 0.3 is 5.97 Å². The van der Waals surface area contributed by atoms with Crippen LogP contribution in [0.4, 0.5) is 0 Å². The summed E-state index contributed by atoms with van der Waals surface area (Å²) in [5.41, 5.74) is 0.591. The molecule has 0 amide bonds. The van der Waals surface area contributed by atoms with Crippen molar-refractivity contribution in [1.82, 2.24) is 0 Å². The summed E-state index contributed by atoms with van der Waals surface area (Å²) in [6.07, 6.45) is 0.00576. The van der Waals surface area contributed by atoms with Crippen LogP contribution < -0.4 is 9.47 Å². The van der Waals surface area contributed by atoms with Crippen molar-refractivity contribution in [3.8, 4) is 11.5 Å². The van der Waals surface area contributed by atoms with Crippen molar-refractivity contribution in [2.45, 2.75) is 24.8 Å². The lowest BCUT2D eigenvalue weighted by Gasteiger charge is -2.15. The molecule has 0 aliphatic carbocycles. The third-order valence-corrected chi connectivity index (χ3v) is 3.40. The molecule has 5 nitrogen and oxygen atoms in total. The van der Waals surface area contributed by atoms with Gasteiger partial charge in [0.05, 0.1) is 20.3 Å². The van der Waals surface area contributed by atoms with Gasteiger partial charge in [0.2, 0.25) is 0 Å². The molecule has 0 spiro atoms. The number of hydrogen-bond acceptors (Lipinski definition) is 5. The quantitative estimate of drug-likeness (QED) is 0.451. The molecule has 0 saturated carbocycles. The maximum absolute atomic E-state index is 11.7. The van der Waals surface area contributed by atoms with Gasteiger partial charge in [-0.25, -0.2) is 4.79 Å². The molecule has 0 heterocycles. The first-order chi connectivity index (χ1) is 9.40. The molecule has 0 fully saturated rings. The zero-order valence-electron chi connectivity index (χ0n) is 11.8. The number of benzene rings is 1. The first-order valence-corrected chi connectivity index (χ1v) is 6.93.